The summed E-state index contributed by atoms with van der Waals surface area (Å²) in [4.78, 5) is 19.5. The summed E-state index contributed by atoms with van der Waals surface area (Å²) in [6, 6.07) is 7.78. The van der Waals surface area contributed by atoms with Crippen molar-refractivity contribution in [3.8, 4) is 5.75 Å². The topological polar surface area (TPSA) is 42.4 Å². The SMILES string of the molecule is COc1ccc([C@H](C)C(=O)N2CCC[C@H](c3nc(C)cs3)C2)cc1. The van der Waals surface area contributed by atoms with E-state index in [0.717, 1.165) is 42.9 Å². The molecule has 3 rings (SSSR count). The van der Waals surface area contributed by atoms with Crippen LogP contribution in [0.25, 0.3) is 0 Å². The second kappa shape index (κ2) is 7.34. The molecule has 1 aliphatic rings. The molecule has 2 atom stereocenters. The molecule has 5 heteroatoms. The molecule has 128 valence electrons. The number of hydrogen-bond acceptors (Lipinski definition) is 4. The third-order valence-electron chi connectivity index (χ3n) is 4.71. The summed E-state index contributed by atoms with van der Waals surface area (Å²) in [5, 5.41) is 3.26. The van der Waals surface area contributed by atoms with Crippen LogP contribution in [0.2, 0.25) is 0 Å². The normalized spacial score (nSPS) is 19.1. The molecule has 1 saturated heterocycles. The molecule has 1 aliphatic heterocycles. The number of carbonyl (C=O) groups excluding carboxylic acids is 1. The number of methoxy groups -OCH3 is 1. The number of benzene rings is 1. The first-order valence-corrected chi connectivity index (χ1v) is 9.31. The second-order valence-corrected chi connectivity index (χ2v) is 7.34. The summed E-state index contributed by atoms with van der Waals surface area (Å²) in [7, 11) is 1.65. The highest BCUT2D eigenvalue weighted by Crippen LogP contribution is 2.31. The lowest BCUT2D eigenvalue weighted by molar-refractivity contribution is -0.133. The number of nitrogens with zero attached hydrogens (tertiary/aromatic N) is 2. The molecule has 4 nitrogen and oxygen atoms in total. The standard InChI is InChI=1S/C19H24N2O2S/c1-13-12-24-18(20-13)16-5-4-10-21(11-16)19(22)14(2)15-6-8-17(23-3)9-7-15/h6-9,12,14,16H,4-5,10-11H2,1-3H3/t14-,16-/m0/s1. The van der Waals surface area contributed by atoms with Gasteiger partial charge in [0.1, 0.15) is 5.75 Å². The summed E-state index contributed by atoms with van der Waals surface area (Å²) in [5.74, 6) is 1.27. The maximum absolute atomic E-state index is 12.9. The van der Waals surface area contributed by atoms with Gasteiger partial charge in [0, 0.05) is 30.1 Å². The Balaban J connectivity index is 1.69. The predicted molar refractivity (Wildman–Crippen MR) is 96.8 cm³/mol. The number of amides is 1. The van der Waals surface area contributed by atoms with Crippen molar-refractivity contribution >= 4 is 17.2 Å². The number of hydrogen-bond donors (Lipinski definition) is 0. The van der Waals surface area contributed by atoms with Crippen LogP contribution < -0.4 is 4.74 Å². The third-order valence-corrected chi connectivity index (χ3v) is 5.83. The van der Waals surface area contributed by atoms with E-state index in [1.807, 2.05) is 43.0 Å². The van der Waals surface area contributed by atoms with Crippen molar-refractivity contribution in [3.05, 3.63) is 45.9 Å². The summed E-state index contributed by atoms with van der Waals surface area (Å²) in [6.07, 6.45) is 2.16. The van der Waals surface area contributed by atoms with Crippen LogP contribution in [0.1, 0.15) is 47.9 Å². The molecule has 0 bridgehead atoms. The predicted octanol–water partition coefficient (Wildman–Crippen LogP) is 3.97. The molecule has 2 aromatic rings. The number of aryl methyl sites for hydroxylation is 1. The van der Waals surface area contributed by atoms with Crippen LogP contribution in [-0.2, 0) is 4.79 Å². The zero-order valence-corrected chi connectivity index (χ0v) is 15.3. The first-order valence-electron chi connectivity index (χ1n) is 8.43. The van der Waals surface area contributed by atoms with Crippen molar-refractivity contribution in [1.82, 2.24) is 9.88 Å². The highest BCUT2D eigenvalue weighted by atomic mass is 32.1. The quantitative estimate of drug-likeness (QED) is 0.843. The maximum Gasteiger partial charge on any atom is 0.229 e. The summed E-state index contributed by atoms with van der Waals surface area (Å²) in [6.45, 7) is 5.64. The van der Waals surface area contributed by atoms with Gasteiger partial charge in [-0.25, -0.2) is 4.98 Å². The molecule has 1 fully saturated rings. The van der Waals surface area contributed by atoms with Crippen LogP contribution in [0, 0.1) is 6.92 Å². The summed E-state index contributed by atoms with van der Waals surface area (Å²) >= 11 is 1.72. The summed E-state index contributed by atoms with van der Waals surface area (Å²) in [5.41, 5.74) is 2.11. The number of rotatable bonds is 4. The molecule has 0 N–H and O–H groups in total. The van der Waals surface area contributed by atoms with Gasteiger partial charge in [-0.1, -0.05) is 12.1 Å². The fraction of sp³-hybridized carbons (Fsp3) is 0.474. The lowest BCUT2D eigenvalue weighted by atomic mass is 9.95. The largest absolute Gasteiger partial charge is 0.497 e. The minimum absolute atomic E-state index is 0.132. The Hall–Kier alpha value is -1.88. The van der Waals surface area contributed by atoms with E-state index in [1.54, 1.807) is 18.4 Å². The molecule has 0 saturated carbocycles. The van der Waals surface area contributed by atoms with Gasteiger partial charge in [-0.15, -0.1) is 11.3 Å². The molecule has 0 unspecified atom stereocenters. The number of aromatic nitrogens is 1. The summed E-state index contributed by atoms with van der Waals surface area (Å²) < 4.78 is 5.19. The van der Waals surface area contributed by atoms with Gasteiger partial charge in [0.15, 0.2) is 0 Å². The number of likely N-dealkylation sites (tertiary alicyclic amines) is 1. The molecule has 0 radical (unpaired) electrons. The van der Waals surface area contributed by atoms with Crippen molar-refractivity contribution in [2.75, 3.05) is 20.2 Å². The van der Waals surface area contributed by atoms with E-state index >= 15 is 0 Å². The molecule has 0 spiro atoms. The van der Waals surface area contributed by atoms with Gasteiger partial charge in [-0.3, -0.25) is 4.79 Å². The van der Waals surface area contributed by atoms with Crippen molar-refractivity contribution in [1.29, 1.82) is 0 Å². The third kappa shape index (κ3) is 3.61. The van der Waals surface area contributed by atoms with Gasteiger partial charge >= 0.3 is 0 Å². The van der Waals surface area contributed by atoms with Crippen LogP contribution in [0.15, 0.2) is 29.6 Å². The highest BCUT2D eigenvalue weighted by molar-refractivity contribution is 7.09. The number of piperidine rings is 1. The molecular formula is C19H24N2O2S. The Morgan fingerprint density at radius 1 is 1.38 bits per heavy atom. The van der Waals surface area contributed by atoms with E-state index in [0.29, 0.717) is 5.92 Å². The molecule has 1 aromatic carbocycles. The maximum atomic E-state index is 12.9. The fourth-order valence-corrected chi connectivity index (χ4v) is 4.17. The molecule has 1 aromatic heterocycles. The highest BCUT2D eigenvalue weighted by Gasteiger charge is 2.29. The van der Waals surface area contributed by atoms with Crippen LogP contribution in [0.5, 0.6) is 5.75 Å². The average molecular weight is 344 g/mol. The number of carbonyl (C=O) groups is 1. The lowest BCUT2D eigenvalue weighted by Gasteiger charge is -2.33. The van der Waals surface area contributed by atoms with E-state index in [9.17, 15) is 4.79 Å². The van der Waals surface area contributed by atoms with E-state index in [1.165, 1.54) is 5.01 Å². The van der Waals surface area contributed by atoms with E-state index in [4.69, 9.17) is 4.74 Å². The molecule has 1 amide bonds. The van der Waals surface area contributed by atoms with Gasteiger partial charge < -0.3 is 9.64 Å². The van der Waals surface area contributed by atoms with Crippen molar-refractivity contribution in [3.63, 3.8) is 0 Å². The lowest BCUT2D eigenvalue weighted by Crippen LogP contribution is -2.41. The van der Waals surface area contributed by atoms with E-state index in [2.05, 4.69) is 10.4 Å². The van der Waals surface area contributed by atoms with Crippen molar-refractivity contribution in [2.24, 2.45) is 0 Å². The van der Waals surface area contributed by atoms with E-state index in [-0.39, 0.29) is 11.8 Å². The van der Waals surface area contributed by atoms with Gasteiger partial charge in [0.25, 0.3) is 0 Å². The number of ether oxygens (including phenoxy) is 1. The van der Waals surface area contributed by atoms with Crippen LogP contribution >= 0.6 is 11.3 Å². The molecule has 0 aliphatic carbocycles. The zero-order chi connectivity index (χ0) is 17.1. The van der Waals surface area contributed by atoms with Gasteiger partial charge in [0.05, 0.1) is 18.0 Å². The Bertz CT molecular complexity index is 696. The van der Waals surface area contributed by atoms with Crippen molar-refractivity contribution < 1.29 is 9.53 Å². The minimum atomic E-state index is -0.132. The van der Waals surface area contributed by atoms with Crippen molar-refractivity contribution in [2.45, 2.75) is 38.5 Å². The Morgan fingerprint density at radius 2 is 2.12 bits per heavy atom. The van der Waals surface area contributed by atoms with Gasteiger partial charge in [-0.05, 0) is 44.4 Å². The molecular weight excluding hydrogens is 320 g/mol. The van der Waals surface area contributed by atoms with Crippen LogP contribution in [-0.4, -0.2) is 36.0 Å². The first kappa shape index (κ1) is 17.0. The average Bonchev–Trinajstić information content (AvgIpc) is 3.07. The van der Waals surface area contributed by atoms with Crippen LogP contribution in [0.3, 0.4) is 0 Å². The molecule has 2 heterocycles. The smallest absolute Gasteiger partial charge is 0.229 e. The Morgan fingerprint density at radius 3 is 2.75 bits per heavy atom. The van der Waals surface area contributed by atoms with Gasteiger partial charge in [0.2, 0.25) is 5.91 Å². The number of thiazole rings is 1. The first-order chi connectivity index (χ1) is 11.6. The Kier molecular flexibility index (Phi) is 5.19. The second-order valence-electron chi connectivity index (χ2n) is 6.45. The monoisotopic (exact) mass is 344 g/mol. The zero-order valence-electron chi connectivity index (χ0n) is 14.5. The van der Waals surface area contributed by atoms with Gasteiger partial charge in [-0.2, -0.15) is 0 Å². The minimum Gasteiger partial charge on any atom is -0.497 e. The van der Waals surface area contributed by atoms with Crippen LogP contribution in [0.4, 0.5) is 0 Å². The van der Waals surface area contributed by atoms with E-state index < -0.39 is 0 Å². The molecule has 24 heavy (non-hydrogen) atoms. The fourth-order valence-electron chi connectivity index (χ4n) is 3.25. The Labute approximate surface area is 147 Å².